The van der Waals surface area contributed by atoms with E-state index in [4.69, 9.17) is 0 Å². The zero-order chi connectivity index (χ0) is 9.54. The summed E-state index contributed by atoms with van der Waals surface area (Å²) in [4.78, 5) is 2.35. The first-order valence-electron chi connectivity index (χ1n) is 5.43. The standard InChI is InChI=1S/C10H16N4/c1-13-5-4-9(6-13)14-7-10(11-12-14)8-2-3-8/h7-9H,2-6H2,1H3. The number of hydrogen-bond donors (Lipinski definition) is 0. The summed E-state index contributed by atoms with van der Waals surface area (Å²) in [7, 11) is 2.17. The van der Waals surface area contributed by atoms with Crippen LogP contribution in [0.2, 0.25) is 0 Å². The summed E-state index contributed by atoms with van der Waals surface area (Å²) in [5.41, 5.74) is 1.21. The third kappa shape index (κ3) is 1.43. The number of nitrogens with zero attached hydrogens (tertiary/aromatic N) is 4. The number of hydrogen-bond acceptors (Lipinski definition) is 3. The van der Waals surface area contributed by atoms with Gasteiger partial charge in [-0.25, -0.2) is 4.68 Å². The Morgan fingerprint density at radius 3 is 2.86 bits per heavy atom. The van der Waals surface area contributed by atoms with Crippen molar-refractivity contribution >= 4 is 0 Å². The second-order valence-corrected chi connectivity index (χ2v) is 4.60. The third-order valence-corrected chi connectivity index (χ3v) is 3.26. The van der Waals surface area contributed by atoms with E-state index in [1.54, 1.807) is 0 Å². The molecule has 1 saturated carbocycles. The molecule has 0 radical (unpaired) electrons. The molecule has 1 aromatic rings. The number of likely N-dealkylation sites (tertiary alicyclic amines) is 1. The molecular formula is C10H16N4. The molecule has 0 amide bonds. The highest BCUT2D eigenvalue weighted by molar-refractivity contribution is 5.09. The van der Waals surface area contributed by atoms with Gasteiger partial charge in [-0.1, -0.05) is 5.21 Å². The minimum atomic E-state index is 0.556. The van der Waals surface area contributed by atoms with Gasteiger partial charge in [-0.15, -0.1) is 5.10 Å². The van der Waals surface area contributed by atoms with Crippen LogP contribution in [0.25, 0.3) is 0 Å². The van der Waals surface area contributed by atoms with Gasteiger partial charge in [-0.2, -0.15) is 0 Å². The number of rotatable bonds is 2. The molecule has 1 unspecified atom stereocenters. The van der Waals surface area contributed by atoms with E-state index in [0.717, 1.165) is 12.5 Å². The van der Waals surface area contributed by atoms with E-state index >= 15 is 0 Å². The van der Waals surface area contributed by atoms with Crippen LogP contribution in [0, 0.1) is 0 Å². The van der Waals surface area contributed by atoms with Gasteiger partial charge in [0.2, 0.25) is 0 Å². The zero-order valence-corrected chi connectivity index (χ0v) is 8.56. The lowest BCUT2D eigenvalue weighted by Gasteiger charge is -2.09. The first kappa shape index (κ1) is 8.41. The molecule has 0 N–H and O–H groups in total. The molecule has 0 aromatic carbocycles. The minimum Gasteiger partial charge on any atom is -0.304 e. The summed E-state index contributed by atoms with van der Waals surface area (Å²) in [6, 6.07) is 0.556. The monoisotopic (exact) mass is 192 g/mol. The molecule has 0 spiro atoms. The summed E-state index contributed by atoms with van der Waals surface area (Å²) < 4.78 is 2.07. The Morgan fingerprint density at radius 1 is 1.36 bits per heavy atom. The predicted octanol–water partition coefficient (Wildman–Crippen LogP) is 1.03. The van der Waals surface area contributed by atoms with Crippen LogP contribution in [0.15, 0.2) is 6.20 Å². The van der Waals surface area contributed by atoms with E-state index in [1.165, 1.54) is 31.5 Å². The Hall–Kier alpha value is -0.900. The summed E-state index contributed by atoms with van der Waals surface area (Å²) in [6.07, 6.45) is 5.98. The molecule has 2 aliphatic rings. The maximum Gasteiger partial charge on any atom is 0.0858 e. The average Bonchev–Trinajstić information content (AvgIpc) is 2.76. The van der Waals surface area contributed by atoms with E-state index in [2.05, 4.69) is 33.1 Å². The normalized spacial score (nSPS) is 28.5. The lowest BCUT2D eigenvalue weighted by Crippen LogP contribution is -2.16. The van der Waals surface area contributed by atoms with Crippen molar-refractivity contribution in [1.82, 2.24) is 19.9 Å². The second-order valence-electron chi connectivity index (χ2n) is 4.60. The number of aromatic nitrogens is 3. The summed E-state index contributed by atoms with van der Waals surface area (Å²) in [6.45, 7) is 2.30. The fourth-order valence-corrected chi connectivity index (χ4v) is 2.16. The van der Waals surface area contributed by atoms with Gasteiger partial charge in [0.15, 0.2) is 0 Å². The van der Waals surface area contributed by atoms with Crippen molar-refractivity contribution in [1.29, 1.82) is 0 Å². The van der Waals surface area contributed by atoms with E-state index < -0.39 is 0 Å². The van der Waals surface area contributed by atoms with Crippen LogP contribution in [0.5, 0.6) is 0 Å². The number of likely N-dealkylation sites (N-methyl/N-ethyl adjacent to an activating group) is 1. The molecule has 2 fully saturated rings. The Morgan fingerprint density at radius 2 is 2.21 bits per heavy atom. The molecule has 1 aromatic heterocycles. The Kier molecular flexibility index (Phi) is 1.83. The molecule has 1 aliphatic heterocycles. The Balaban J connectivity index is 1.75. The molecule has 1 atom stereocenters. The summed E-state index contributed by atoms with van der Waals surface area (Å²) in [5, 5.41) is 8.48. The van der Waals surface area contributed by atoms with Gasteiger partial charge in [0.05, 0.1) is 11.7 Å². The van der Waals surface area contributed by atoms with Crippen molar-refractivity contribution in [2.45, 2.75) is 31.2 Å². The molecular weight excluding hydrogens is 176 g/mol. The van der Waals surface area contributed by atoms with Crippen LogP contribution in [-0.2, 0) is 0 Å². The Bertz CT molecular complexity index is 329. The summed E-state index contributed by atoms with van der Waals surface area (Å²) >= 11 is 0. The molecule has 1 saturated heterocycles. The average molecular weight is 192 g/mol. The van der Waals surface area contributed by atoms with E-state index in [0.29, 0.717) is 6.04 Å². The molecule has 1 aliphatic carbocycles. The van der Waals surface area contributed by atoms with E-state index in [-0.39, 0.29) is 0 Å². The SMILES string of the molecule is CN1CCC(n2cc(C3CC3)nn2)C1. The minimum absolute atomic E-state index is 0.556. The van der Waals surface area contributed by atoms with Gasteiger partial charge in [0, 0.05) is 18.7 Å². The maximum absolute atomic E-state index is 4.24. The van der Waals surface area contributed by atoms with Crippen molar-refractivity contribution in [2.24, 2.45) is 0 Å². The van der Waals surface area contributed by atoms with Gasteiger partial charge in [-0.3, -0.25) is 0 Å². The summed E-state index contributed by atoms with van der Waals surface area (Å²) in [5.74, 6) is 0.725. The lowest BCUT2D eigenvalue weighted by molar-refractivity contribution is 0.379. The van der Waals surface area contributed by atoms with E-state index in [1.807, 2.05) is 0 Å². The molecule has 3 rings (SSSR count). The van der Waals surface area contributed by atoms with Crippen molar-refractivity contribution in [3.63, 3.8) is 0 Å². The molecule has 0 bridgehead atoms. The van der Waals surface area contributed by atoms with Gasteiger partial charge in [0.1, 0.15) is 0 Å². The largest absolute Gasteiger partial charge is 0.304 e. The Labute approximate surface area is 83.9 Å². The van der Waals surface area contributed by atoms with E-state index in [9.17, 15) is 0 Å². The quantitative estimate of drug-likeness (QED) is 0.702. The highest BCUT2D eigenvalue weighted by atomic mass is 15.4. The van der Waals surface area contributed by atoms with Crippen LogP contribution < -0.4 is 0 Å². The van der Waals surface area contributed by atoms with Gasteiger partial charge < -0.3 is 4.90 Å². The van der Waals surface area contributed by atoms with Gasteiger partial charge in [-0.05, 0) is 32.9 Å². The van der Waals surface area contributed by atoms with Crippen molar-refractivity contribution in [3.05, 3.63) is 11.9 Å². The molecule has 76 valence electrons. The predicted molar refractivity (Wildman–Crippen MR) is 53.1 cm³/mol. The highest BCUT2D eigenvalue weighted by Crippen LogP contribution is 2.38. The highest BCUT2D eigenvalue weighted by Gasteiger charge is 2.28. The third-order valence-electron chi connectivity index (χ3n) is 3.26. The first-order valence-corrected chi connectivity index (χ1v) is 5.43. The fourth-order valence-electron chi connectivity index (χ4n) is 2.16. The first-order chi connectivity index (χ1) is 6.83. The van der Waals surface area contributed by atoms with Crippen molar-refractivity contribution < 1.29 is 0 Å². The van der Waals surface area contributed by atoms with Crippen LogP contribution in [0.4, 0.5) is 0 Å². The topological polar surface area (TPSA) is 34.0 Å². The van der Waals surface area contributed by atoms with Crippen LogP contribution in [-0.4, -0.2) is 40.0 Å². The molecule has 2 heterocycles. The second kappa shape index (κ2) is 3.05. The van der Waals surface area contributed by atoms with Crippen molar-refractivity contribution in [2.75, 3.05) is 20.1 Å². The zero-order valence-electron chi connectivity index (χ0n) is 8.56. The molecule has 4 heteroatoms. The fraction of sp³-hybridized carbons (Fsp3) is 0.800. The molecule has 14 heavy (non-hydrogen) atoms. The van der Waals surface area contributed by atoms with Crippen molar-refractivity contribution in [3.8, 4) is 0 Å². The van der Waals surface area contributed by atoms with Crippen LogP contribution in [0.1, 0.15) is 36.9 Å². The maximum atomic E-state index is 4.24. The lowest BCUT2D eigenvalue weighted by atomic mass is 10.2. The van der Waals surface area contributed by atoms with Crippen LogP contribution in [0.3, 0.4) is 0 Å². The van der Waals surface area contributed by atoms with Crippen LogP contribution >= 0.6 is 0 Å². The molecule has 4 nitrogen and oxygen atoms in total. The van der Waals surface area contributed by atoms with Gasteiger partial charge in [0.25, 0.3) is 0 Å². The smallest absolute Gasteiger partial charge is 0.0858 e. The van der Waals surface area contributed by atoms with Gasteiger partial charge >= 0.3 is 0 Å².